The van der Waals surface area contributed by atoms with Crippen LogP contribution < -0.4 is 14.2 Å². The van der Waals surface area contributed by atoms with Crippen molar-refractivity contribution in [2.75, 3.05) is 21.0 Å². The van der Waals surface area contributed by atoms with Gasteiger partial charge in [-0.15, -0.1) is 0 Å². The number of amides is 1. The second-order valence-electron chi connectivity index (χ2n) is 6.14. The molecule has 2 aromatic rings. The van der Waals surface area contributed by atoms with Crippen molar-refractivity contribution in [1.29, 1.82) is 0 Å². The van der Waals surface area contributed by atoms with Gasteiger partial charge in [0, 0.05) is 13.5 Å². The molecule has 0 aliphatic carbocycles. The highest BCUT2D eigenvalue weighted by atomic mass is 16.7. The molecule has 0 unspecified atom stereocenters. The maximum atomic E-state index is 12.5. The maximum absolute atomic E-state index is 12.5. The number of hydrogen-bond donors (Lipinski definition) is 0. The van der Waals surface area contributed by atoms with E-state index >= 15 is 0 Å². The van der Waals surface area contributed by atoms with Crippen molar-refractivity contribution >= 4 is 5.91 Å². The Morgan fingerprint density at radius 3 is 2.60 bits per heavy atom. The first kappa shape index (κ1) is 17.1. The van der Waals surface area contributed by atoms with E-state index in [1.165, 1.54) is 0 Å². The average molecular weight is 341 g/mol. The first-order valence-electron chi connectivity index (χ1n) is 8.36. The molecular formula is C20H23NO4. The Morgan fingerprint density at radius 2 is 1.88 bits per heavy atom. The molecule has 0 N–H and O–H groups in total. The molecule has 1 heterocycles. The minimum atomic E-state index is 0.00941. The van der Waals surface area contributed by atoms with Crippen LogP contribution >= 0.6 is 0 Å². The van der Waals surface area contributed by atoms with E-state index in [-0.39, 0.29) is 18.7 Å². The molecule has 0 saturated carbocycles. The van der Waals surface area contributed by atoms with Crippen molar-refractivity contribution in [2.24, 2.45) is 0 Å². The third kappa shape index (κ3) is 3.87. The zero-order valence-electron chi connectivity index (χ0n) is 14.8. The monoisotopic (exact) mass is 341 g/mol. The molecule has 0 saturated heterocycles. The van der Waals surface area contributed by atoms with Gasteiger partial charge in [-0.05, 0) is 48.7 Å². The zero-order valence-corrected chi connectivity index (χ0v) is 14.8. The summed E-state index contributed by atoms with van der Waals surface area (Å²) in [5.74, 6) is 2.44. The molecule has 0 bridgehead atoms. The topological polar surface area (TPSA) is 48.0 Å². The van der Waals surface area contributed by atoms with Crippen molar-refractivity contribution in [3.63, 3.8) is 0 Å². The summed E-state index contributed by atoms with van der Waals surface area (Å²) in [6.45, 7) is 2.29. The summed E-state index contributed by atoms with van der Waals surface area (Å²) in [5, 5.41) is 0. The third-order valence-electron chi connectivity index (χ3n) is 4.64. The standard InChI is InChI=1S/C20H23NO4/c1-14(16-6-8-17(23-3)9-7-16)21(2)20(22)11-5-15-4-10-18-19(12-15)25-13-24-18/h4,6-10,12,14H,5,11,13H2,1-3H3/t14-/m1/s1. The van der Waals surface area contributed by atoms with Gasteiger partial charge in [0.1, 0.15) is 5.75 Å². The quantitative estimate of drug-likeness (QED) is 0.806. The minimum absolute atomic E-state index is 0.00941. The smallest absolute Gasteiger partial charge is 0.231 e. The van der Waals surface area contributed by atoms with Gasteiger partial charge in [-0.3, -0.25) is 4.79 Å². The van der Waals surface area contributed by atoms with E-state index < -0.39 is 0 Å². The normalized spacial score (nSPS) is 13.4. The summed E-state index contributed by atoms with van der Waals surface area (Å²) >= 11 is 0. The van der Waals surface area contributed by atoms with Gasteiger partial charge in [-0.2, -0.15) is 0 Å². The molecule has 1 aliphatic heterocycles. The van der Waals surface area contributed by atoms with Crippen LogP contribution in [0.4, 0.5) is 0 Å². The average Bonchev–Trinajstić information content (AvgIpc) is 3.12. The van der Waals surface area contributed by atoms with E-state index in [2.05, 4.69) is 0 Å². The Kier molecular flexibility index (Phi) is 5.12. The zero-order chi connectivity index (χ0) is 17.8. The molecule has 1 aliphatic rings. The molecule has 3 rings (SSSR count). The second-order valence-corrected chi connectivity index (χ2v) is 6.14. The molecule has 0 spiro atoms. The predicted octanol–water partition coefficient (Wildman–Crippen LogP) is 3.58. The van der Waals surface area contributed by atoms with Crippen LogP contribution in [0.2, 0.25) is 0 Å². The van der Waals surface area contributed by atoms with Crippen LogP contribution in [-0.4, -0.2) is 31.8 Å². The number of methoxy groups -OCH3 is 1. The summed E-state index contributed by atoms with van der Waals surface area (Å²) in [4.78, 5) is 14.3. The number of carbonyl (C=O) groups is 1. The van der Waals surface area contributed by atoms with E-state index in [4.69, 9.17) is 14.2 Å². The second kappa shape index (κ2) is 7.47. The fourth-order valence-electron chi connectivity index (χ4n) is 2.85. The van der Waals surface area contributed by atoms with Crippen molar-refractivity contribution in [3.8, 4) is 17.2 Å². The van der Waals surface area contributed by atoms with Crippen LogP contribution in [0.3, 0.4) is 0 Å². The van der Waals surface area contributed by atoms with Crippen molar-refractivity contribution in [1.82, 2.24) is 4.90 Å². The number of nitrogens with zero attached hydrogens (tertiary/aromatic N) is 1. The highest BCUT2D eigenvalue weighted by Crippen LogP contribution is 2.33. The van der Waals surface area contributed by atoms with Crippen LogP contribution in [0.15, 0.2) is 42.5 Å². The molecule has 1 amide bonds. The summed E-state index contributed by atoms with van der Waals surface area (Å²) in [5.41, 5.74) is 2.16. The van der Waals surface area contributed by atoms with Gasteiger partial charge in [-0.25, -0.2) is 0 Å². The molecule has 5 nitrogen and oxygen atoms in total. The maximum Gasteiger partial charge on any atom is 0.231 e. The van der Waals surface area contributed by atoms with Crippen molar-refractivity contribution in [2.45, 2.75) is 25.8 Å². The number of ether oxygens (including phenoxy) is 3. The van der Waals surface area contributed by atoms with Crippen LogP contribution in [0.1, 0.15) is 30.5 Å². The number of hydrogen-bond acceptors (Lipinski definition) is 4. The van der Waals surface area contributed by atoms with Gasteiger partial charge in [0.25, 0.3) is 0 Å². The summed E-state index contributed by atoms with van der Waals surface area (Å²) in [7, 11) is 3.49. The highest BCUT2D eigenvalue weighted by molar-refractivity contribution is 5.76. The fourth-order valence-corrected chi connectivity index (χ4v) is 2.85. The SMILES string of the molecule is COc1ccc([C@@H](C)N(C)C(=O)CCc2ccc3c(c2)OCO3)cc1. The van der Waals surface area contributed by atoms with E-state index in [1.54, 1.807) is 12.0 Å². The number of fused-ring (bicyclic) bond motifs is 1. The third-order valence-corrected chi connectivity index (χ3v) is 4.64. The summed E-state index contributed by atoms with van der Waals surface area (Å²) in [6, 6.07) is 13.6. The van der Waals surface area contributed by atoms with Crippen LogP contribution in [0.5, 0.6) is 17.2 Å². The number of carbonyl (C=O) groups excluding carboxylic acids is 1. The Balaban J connectivity index is 1.58. The summed E-state index contributed by atoms with van der Waals surface area (Å²) in [6.07, 6.45) is 1.13. The molecule has 0 aromatic heterocycles. The van der Waals surface area contributed by atoms with Gasteiger partial charge in [-0.1, -0.05) is 18.2 Å². The van der Waals surface area contributed by atoms with Crippen molar-refractivity contribution < 1.29 is 19.0 Å². The van der Waals surface area contributed by atoms with Crippen molar-refractivity contribution in [3.05, 3.63) is 53.6 Å². The largest absolute Gasteiger partial charge is 0.497 e. The Bertz CT molecular complexity index is 742. The van der Waals surface area contributed by atoms with Gasteiger partial charge in [0.05, 0.1) is 13.2 Å². The first-order chi connectivity index (χ1) is 12.1. The molecule has 25 heavy (non-hydrogen) atoms. The lowest BCUT2D eigenvalue weighted by molar-refractivity contribution is -0.131. The van der Waals surface area contributed by atoms with Crippen LogP contribution in [0.25, 0.3) is 0 Å². The lowest BCUT2D eigenvalue weighted by Crippen LogP contribution is -2.29. The Hall–Kier alpha value is -2.69. The van der Waals surface area contributed by atoms with Gasteiger partial charge >= 0.3 is 0 Å². The van der Waals surface area contributed by atoms with E-state index in [1.807, 2.05) is 56.4 Å². The van der Waals surface area contributed by atoms with Gasteiger partial charge in [0.15, 0.2) is 11.5 Å². The molecule has 0 fully saturated rings. The number of benzene rings is 2. The fraction of sp³-hybridized carbons (Fsp3) is 0.350. The predicted molar refractivity (Wildman–Crippen MR) is 95.1 cm³/mol. The lowest BCUT2D eigenvalue weighted by Gasteiger charge is -2.25. The molecule has 5 heteroatoms. The molecule has 1 atom stereocenters. The Labute approximate surface area is 148 Å². The van der Waals surface area contributed by atoms with E-state index in [9.17, 15) is 4.79 Å². The van der Waals surface area contributed by atoms with Gasteiger partial charge < -0.3 is 19.1 Å². The first-order valence-corrected chi connectivity index (χ1v) is 8.36. The molecular weight excluding hydrogens is 318 g/mol. The van der Waals surface area contributed by atoms with E-state index in [0.717, 1.165) is 28.4 Å². The number of aryl methyl sites for hydroxylation is 1. The molecule has 2 aromatic carbocycles. The minimum Gasteiger partial charge on any atom is -0.497 e. The summed E-state index contributed by atoms with van der Waals surface area (Å²) < 4.78 is 15.9. The van der Waals surface area contributed by atoms with E-state index in [0.29, 0.717) is 12.8 Å². The van der Waals surface area contributed by atoms with Crippen LogP contribution in [0, 0.1) is 0 Å². The van der Waals surface area contributed by atoms with Crippen LogP contribution in [-0.2, 0) is 11.2 Å². The number of rotatable bonds is 6. The lowest BCUT2D eigenvalue weighted by atomic mass is 10.1. The molecule has 132 valence electrons. The highest BCUT2D eigenvalue weighted by Gasteiger charge is 2.18. The Morgan fingerprint density at radius 1 is 1.16 bits per heavy atom. The molecule has 0 radical (unpaired) electrons. The van der Waals surface area contributed by atoms with Gasteiger partial charge in [0.2, 0.25) is 12.7 Å².